The first kappa shape index (κ1) is 27.1. The number of phenolic OH excluding ortho intramolecular Hbond substituents is 1. The Bertz CT molecular complexity index is 1450. The molecule has 0 saturated carbocycles. The number of aromatic hydroxyl groups is 1. The van der Waals surface area contributed by atoms with Crippen LogP contribution in [0.1, 0.15) is 36.9 Å². The van der Waals surface area contributed by atoms with E-state index in [-0.39, 0.29) is 42.5 Å². The molecule has 0 spiro atoms. The summed E-state index contributed by atoms with van der Waals surface area (Å²) in [4.78, 5) is 29.5. The molecular weight excluding hydrogens is 510 g/mol. The highest BCUT2D eigenvalue weighted by Crippen LogP contribution is 2.33. The summed E-state index contributed by atoms with van der Waals surface area (Å²) in [6.45, 7) is 3.22. The minimum absolute atomic E-state index is 0.0425. The average Bonchev–Trinajstić information content (AvgIpc) is 3.64. The molecule has 2 N–H and O–H groups in total. The number of phenols is 1. The van der Waals surface area contributed by atoms with Crippen LogP contribution in [0.15, 0.2) is 72.8 Å². The Labute approximate surface area is 232 Å². The van der Waals surface area contributed by atoms with Crippen molar-refractivity contribution in [2.24, 2.45) is 0 Å². The van der Waals surface area contributed by atoms with E-state index in [1.807, 2.05) is 61.5 Å². The van der Waals surface area contributed by atoms with Gasteiger partial charge in [-0.1, -0.05) is 53.7 Å². The maximum atomic E-state index is 14.1. The van der Waals surface area contributed by atoms with Gasteiger partial charge < -0.3 is 24.8 Å². The van der Waals surface area contributed by atoms with Crippen molar-refractivity contribution in [3.8, 4) is 11.5 Å². The molecule has 0 unspecified atom stereocenters. The summed E-state index contributed by atoms with van der Waals surface area (Å²) in [6.07, 6.45) is 1.75. The van der Waals surface area contributed by atoms with Gasteiger partial charge in [-0.05, 0) is 55.2 Å². The topological polar surface area (TPSA) is 119 Å². The van der Waals surface area contributed by atoms with E-state index in [1.165, 1.54) is 6.07 Å². The summed E-state index contributed by atoms with van der Waals surface area (Å²) < 4.78 is 12.9. The average molecular weight is 544 g/mol. The number of carbonyl (C=O) groups excluding carboxylic acids is 2. The smallest absolute Gasteiger partial charge is 0.247 e. The van der Waals surface area contributed by atoms with Crippen molar-refractivity contribution < 1.29 is 24.2 Å². The molecule has 208 valence electrons. The number of ether oxygens (including phenoxy) is 2. The largest absolute Gasteiger partial charge is 0.504 e. The molecule has 1 aliphatic rings. The molecule has 10 nitrogen and oxygen atoms in total. The third-order valence-electron chi connectivity index (χ3n) is 6.91. The minimum atomic E-state index is -1.01. The van der Waals surface area contributed by atoms with Crippen LogP contribution in [0, 0.1) is 0 Å². The van der Waals surface area contributed by atoms with Crippen molar-refractivity contribution in [1.82, 2.24) is 25.2 Å². The summed E-state index contributed by atoms with van der Waals surface area (Å²) in [5, 5.41) is 21.7. The van der Waals surface area contributed by atoms with Crippen LogP contribution in [0.5, 0.6) is 11.5 Å². The van der Waals surface area contributed by atoms with Gasteiger partial charge in [-0.2, -0.15) is 0 Å². The number of nitrogens with one attached hydrogen (secondary N) is 1. The van der Waals surface area contributed by atoms with Crippen LogP contribution in [-0.4, -0.2) is 62.7 Å². The molecular formula is C30H33N5O5. The van der Waals surface area contributed by atoms with Crippen molar-refractivity contribution in [1.29, 1.82) is 0 Å². The molecule has 10 heteroatoms. The molecule has 2 amide bonds. The Morgan fingerprint density at radius 1 is 1.15 bits per heavy atom. The molecule has 0 aliphatic carbocycles. The van der Waals surface area contributed by atoms with Gasteiger partial charge in [0.15, 0.2) is 11.5 Å². The van der Waals surface area contributed by atoms with Gasteiger partial charge in [0.1, 0.15) is 18.1 Å². The van der Waals surface area contributed by atoms with Gasteiger partial charge in [0.05, 0.1) is 18.2 Å². The third-order valence-corrected chi connectivity index (χ3v) is 6.91. The predicted octanol–water partition coefficient (Wildman–Crippen LogP) is 3.60. The van der Waals surface area contributed by atoms with Crippen LogP contribution in [0.2, 0.25) is 0 Å². The second-order valence-electron chi connectivity index (χ2n) is 9.69. The van der Waals surface area contributed by atoms with Gasteiger partial charge in [0, 0.05) is 19.7 Å². The molecule has 2 heterocycles. The lowest BCUT2D eigenvalue weighted by atomic mass is 10.0. The van der Waals surface area contributed by atoms with Gasteiger partial charge in [-0.3, -0.25) is 9.59 Å². The van der Waals surface area contributed by atoms with E-state index >= 15 is 0 Å². The Morgan fingerprint density at radius 2 is 1.95 bits per heavy atom. The number of benzene rings is 3. The van der Waals surface area contributed by atoms with E-state index in [0.29, 0.717) is 30.8 Å². The lowest BCUT2D eigenvalue weighted by molar-refractivity contribution is -0.142. The zero-order chi connectivity index (χ0) is 27.9. The fourth-order valence-electron chi connectivity index (χ4n) is 4.92. The van der Waals surface area contributed by atoms with E-state index in [4.69, 9.17) is 9.47 Å². The highest BCUT2D eigenvalue weighted by atomic mass is 16.5. The second-order valence-corrected chi connectivity index (χ2v) is 9.69. The molecule has 40 heavy (non-hydrogen) atoms. The van der Waals surface area contributed by atoms with E-state index in [1.54, 1.807) is 21.7 Å². The maximum Gasteiger partial charge on any atom is 0.247 e. The molecule has 0 bridgehead atoms. The highest BCUT2D eigenvalue weighted by molar-refractivity contribution is 5.89. The Balaban J connectivity index is 1.52. The van der Waals surface area contributed by atoms with Crippen molar-refractivity contribution >= 4 is 22.8 Å². The Morgan fingerprint density at radius 3 is 2.73 bits per heavy atom. The van der Waals surface area contributed by atoms with Gasteiger partial charge in [0.2, 0.25) is 11.8 Å². The highest BCUT2D eigenvalue weighted by Gasteiger charge is 2.33. The van der Waals surface area contributed by atoms with E-state index < -0.39 is 6.04 Å². The van der Waals surface area contributed by atoms with Crippen LogP contribution >= 0.6 is 0 Å². The number of carbonyl (C=O) groups is 2. The van der Waals surface area contributed by atoms with Crippen molar-refractivity contribution in [2.45, 2.75) is 45.0 Å². The molecule has 1 aromatic heterocycles. The lowest BCUT2D eigenvalue weighted by Gasteiger charge is -2.32. The molecule has 0 radical (unpaired) electrons. The van der Waals surface area contributed by atoms with Gasteiger partial charge in [0.25, 0.3) is 0 Å². The van der Waals surface area contributed by atoms with Crippen LogP contribution in [-0.2, 0) is 27.4 Å². The normalized spacial score (nSPS) is 15.6. The summed E-state index contributed by atoms with van der Waals surface area (Å²) in [5.74, 6) is -0.468. The van der Waals surface area contributed by atoms with Crippen LogP contribution in [0.4, 0.5) is 0 Å². The predicted molar refractivity (Wildman–Crippen MR) is 149 cm³/mol. The van der Waals surface area contributed by atoms with Crippen molar-refractivity contribution in [2.75, 3.05) is 19.8 Å². The third kappa shape index (κ3) is 6.23. The number of hydrogen-bond donors (Lipinski definition) is 2. The summed E-state index contributed by atoms with van der Waals surface area (Å²) in [7, 11) is 0. The monoisotopic (exact) mass is 543 g/mol. The molecule has 2 atom stereocenters. The summed E-state index contributed by atoms with van der Waals surface area (Å²) in [5.41, 5.74) is 2.77. The van der Waals surface area contributed by atoms with E-state index in [9.17, 15) is 14.7 Å². The second kappa shape index (κ2) is 12.6. The first-order valence-electron chi connectivity index (χ1n) is 13.5. The van der Waals surface area contributed by atoms with Gasteiger partial charge in [-0.25, -0.2) is 4.68 Å². The molecule has 1 aliphatic heterocycles. The van der Waals surface area contributed by atoms with Gasteiger partial charge >= 0.3 is 0 Å². The Kier molecular flexibility index (Phi) is 8.56. The molecule has 4 aromatic rings. The number of para-hydroxylation sites is 1. The number of nitrogens with zero attached hydrogens (tertiary/aromatic N) is 4. The minimum Gasteiger partial charge on any atom is -0.504 e. The fourth-order valence-corrected chi connectivity index (χ4v) is 4.92. The number of hydrogen-bond acceptors (Lipinski definition) is 7. The standard InChI is InChI=1S/C30H33N5O5/c1-2-39-27-17-22(14-15-26(27)36)29(30(38)31-18-23-11-8-16-40-23)34(19-21-9-4-3-5-10-21)28(37)20-35-25-13-7-6-12-24(25)32-33-35/h3-7,9-10,12-15,17,23,29,36H,2,8,11,16,18-20H2,1H3,(H,31,38)/t23-,29+/m0/s1. The maximum absolute atomic E-state index is 14.1. The quantitative estimate of drug-likeness (QED) is 0.297. The first-order chi connectivity index (χ1) is 19.5. The molecule has 5 rings (SSSR count). The fraction of sp³-hybridized carbons (Fsp3) is 0.333. The zero-order valence-corrected chi connectivity index (χ0v) is 22.4. The zero-order valence-electron chi connectivity index (χ0n) is 22.4. The molecule has 1 saturated heterocycles. The Hall–Kier alpha value is -4.44. The number of aromatic nitrogens is 3. The van der Waals surface area contributed by atoms with E-state index in [2.05, 4.69) is 15.6 Å². The van der Waals surface area contributed by atoms with Crippen LogP contribution < -0.4 is 10.1 Å². The SMILES string of the molecule is CCOc1cc([C@H](C(=O)NC[C@@H]2CCCO2)N(Cc2ccccc2)C(=O)Cn2nnc3ccccc32)ccc1O. The van der Waals surface area contributed by atoms with Crippen LogP contribution in [0.25, 0.3) is 11.0 Å². The van der Waals surface area contributed by atoms with E-state index in [0.717, 1.165) is 23.9 Å². The number of amides is 2. The molecule has 1 fully saturated rings. The lowest BCUT2D eigenvalue weighted by Crippen LogP contribution is -2.46. The van der Waals surface area contributed by atoms with Crippen molar-refractivity contribution in [3.05, 3.63) is 83.9 Å². The van der Waals surface area contributed by atoms with Crippen LogP contribution in [0.3, 0.4) is 0 Å². The van der Waals surface area contributed by atoms with Crippen molar-refractivity contribution in [3.63, 3.8) is 0 Å². The summed E-state index contributed by atoms with van der Waals surface area (Å²) in [6, 6.07) is 20.6. The molecule has 3 aromatic carbocycles. The number of fused-ring (bicyclic) bond motifs is 1. The van der Waals surface area contributed by atoms with Gasteiger partial charge in [-0.15, -0.1) is 5.10 Å². The first-order valence-corrected chi connectivity index (χ1v) is 13.5. The number of rotatable bonds is 11. The summed E-state index contributed by atoms with van der Waals surface area (Å²) >= 11 is 0.